The second-order valence-corrected chi connectivity index (χ2v) is 8.11. The van der Waals surface area contributed by atoms with Crippen molar-refractivity contribution >= 4 is 34.8 Å². The zero-order chi connectivity index (χ0) is 24.1. The highest BCUT2D eigenvalue weighted by Gasteiger charge is 2.32. The van der Waals surface area contributed by atoms with E-state index in [1.165, 1.54) is 0 Å². The molecular formula is C26H25ClN2O5. The fourth-order valence-electron chi connectivity index (χ4n) is 3.59. The number of benzene rings is 3. The Bertz CT molecular complexity index is 1180. The standard InChI is InChI=1S/C26H25ClN2O5/c1-3-32-20-9-11-21(12-10-20)33-16-25(30)28-19-8-13-24-23(14-19)29(26(31)17(2)34-24)15-18-6-4-5-7-22(18)27/h4-14,17H,3,15-16H2,1-2H3,(H,28,30). The van der Waals surface area contributed by atoms with Crippen LogP contribution < -0.4 is 24.4 Å². The predicted octanol–water partition coefficient (Wildman–Crippen LogP) is 5.07. The van der Waals surface area contributed by atoms with Crippen LogP contribution in [0.15, 0.2) is 66.7 Å². The third-order valence-electron chi connectivity index (χ3n) is 5.24. The predicted molar refractivity (Wildman–Crippen MR) is 131 cm³/mol. The van der Waals surface area contributed by atoms with E-state index < -0.39 is 6.10 Å². The number of anilines is 2. The Kier molecular flexibility index (Phi) is 7.23. The van der Waals surface area contributed by atoms with Crippen LogP contribution in [0.1, 0.15) is 19.4 Å². The van der Waals surface area contributed by atoms with Gasteiger partial charge in [-0.1, -0.05) is 29.8 Å². The number of nitrogens with zero attached hydrogens (tertiary/aromatic N) is 1. The van der Waals surface area contributed by atoms with E-state index in [9.17, 15) is 9.59 Å². The molecule has 0 spiro atoms. The number of nitrogens with one attached hydrogen (secondary N) is 1. The molecule has 0 saturated heterocycles. The zero-order valence-corrected chi connectivity index (χ0v) is 19.7. The Morgan fingerprint density at radius 1 is 1.06 bits per heavy atom. The maximum Gasteiger partial charge on any atom is 0.268 e. The van der Waals surface area contributed by atoms with Crippen molar-refractivity contribution in [3.63, 3.8) is 0 Å². The molecule has 1 unspecified atom stereocenters. The number of fused-ring (bicyclic) bond motifs is 1. The van der Waals surface area contributed by atoms with E-state index in [-0.39, 0.29) is 25.0 Å². The number of carbonyl (C=O) groups excluding carboxylic acids is 2. The molecule has 0 saturated carbocycles. The normalized spacial score (nSPS) is 14.7. The monoisotopic (exact) mass is 480 g/mol. The quantitative estimate of drug-likeness (QED) is 0.487. The molecule has 1 atom stereocenters. The summed E-state index contributed by atoms with van der Waals surface area (Å²) in [5.74, 6) is 1.34. The Labute approximate surface area is 203 Å². The number of ether oxygens (including phenoxy) is 3. The summed E-state index contributed by atoms with van der Waals surface area (Å²) in [6, 6.07) is 19.6. The van der Waals surface area contributed by atoms with Crippen LogP contribution in [0.25, 0.3) is 0 Å². The van der Waals surface area contributed by atoms with Crippen LogP contribution >= 0.6 is 11.6 Å². The number of carbonyl (C=O) groups is 2. The van der Waals surface area contributed by atoms with E-state index in [1.54, 1.807) is 60.4 Å². The number of amides is 2. The Morgan fingerprint density at radius 2 is 1.76 bits per heavy atom. The molecule has 7 nitrogen and oxygen atoms in total. The van der Waals surface area contributed by atoms with Gasteiger partial charge < -0.3 is 24.4 Å². The molecule has 176 valence electrons. The Balaban J connectivity index is 1.46. The molecule has 1 heterocycles. The van der Waals surface area contributed by atoms with Crippen molar-refractivity contribution in [3.05, 3.63) is 77.3 Å². The first-order valence-corrected chi connectivity index (χ1v) is 11.3. The minimum absolute atomic E-state index is 0.166. The summed E-state index contributed by atoms with van der Waals surface area (Å²) in [5, 5.41) is 3.38. The van der Waals surface area contributed by atoms with Gasteiger partial charge in [-0.25, -0.2) is 0 Å². The fraction of sp³-hybridized carbons (Fsp3) is 0.231. The summed E-state index contributed by atoms with van der Waals surface area (Å²) in [6.45, 7) is 4.32. The number of halogens is 1. The van der Waals surface area contributed by atoms with Crippen LogP contribution in [-0.4, -0.2) is 31.1 Å². The van der Waals surface area contributed by atoms with Crippen molar-refractivity contribution in [2.75, 3.05) is 23.4 Å². The van der Waals surface area contributed by atoms with Gasteiger partial charge in [-0.05, 0) is 67.9 Å². The lowest BCUT2D eigenvalue weighted by Crippen LogP contribution is -2.44. The summed E-state index contributed by atoms with van der Waals surface area (Å²) >= 11 is 6.32. The molecular weight excluding hydrogens is 456 g/mol. The summed E-state index contributed by atoms with van der Waals surface area (Å²) in [7, 11) is 0. The SMILES string of the molecule is CCOc1ccc(OCC(=O)Nc2ccc3c(c2)N(Cc2ccccc2Cl)C(=O)C(C)O3)cc1. The van der Waals surface area contributed by atoms with Gasteiger partial charge in [0.1, 0.15) is 17.2 Å². The fourth-order valence-corrected chi connectivity index (χ4v) is 3.79. The highest BCUT2D eigenvalue weighted by Crippen LogP contribution is 2.37. The van der Waals surface area contributed by atoms with Gasteiger partial charge in [0.2, 0.25) is 0 Å². The lowest BCUT2D eigenvalue weighted by Gasteiger charge is -2.33. The number of hydrogen-bond donors (Lipinski definition) is 1. The Morgan fingerprint density at radius 3 is 2.47 bits per heavy atom. The number of rotatable bonds is 8. The van der Waals surface area contributed by atoms with Gasteiger partial charge in [-0.15, -0.1) is 0 Å². The van der Waals surface area contributed by atoms with Gasteiger partial charge in [0.05, 0.1) is 18.8 Å². The van der Waals surface area contributed by atoms with Crippen LogP contribution in [0.3, 0.4) is 0 Å². The summed E-state index contributed by atoms with van der Waals surface area (Å²) in [5.41, 5.74) is 1.90. The van der Waals surface area contributed by atoms with Crippen LogP contribution in [0.5, 0.6) is 17.2 Å². The van der Waals surface area contributed by atoms with Crippen molar-refractivity contribution in [2.45, 2.75) is 26.5 Å². The van der Waals surface area contributed by atoms with E-state index in [2.05, 4.69) is 5.32 Å². The summed E-state index contributed by atoms with van der Waals surface area (Å²) < 4.78 is 16.7. The molecule has 0 fully saturated rings. The number of hydrogen-bond acceptors (Lipinski definition) is 5. The average Bonchev–Trinajstić information content (AvgIpc) is 2.83. The van der Waals surface area contributed by atoms with Crippen LogP contribution in [-0.2, 0) is 16.1 Å². The van der Waals surface area contributed by atoms with Gasteiger partial charge in [-0.3, -0.25) is 9.59 Å². The molecule has 0 radical (unpaired) electrons. The Hall–Kier alpha value is -3.71. The summed E-state index contributed by atoms with van der Waals surface area (Å²) in [4.78, 5) is 27.0. The molecule has 0 aliphatic carbocycles. The van der Waals surface area contributed by atoms with Crippen LogP contribution in [0.2, 0.25) is 5.02 Å². The lowest BCUT2D eigenvalue weighted by molar-refractivity contribution is -0.125. The third kappa shape index (κ3) is 5.43. The van der Waals surface area contributed by atoms with Crippen molar-refractivity contribution in [3.8, 4) is 17.2 Å². The molecule has 0 aromatic heterocycles. The molecule has 4 rings (SSSR count). The smallest absolute Gasteiger partial charge is 0.268 e. The van der Waals surface area contributed by atoms with Gasteiger partial charge in [-0.2, -0.15) is 0 Å². The molecule has 1 aliphatic heterocycles. The second-order valence-electron chi connectivity index (χ2n) is 7.70. The molecule has 1 N–H and O–H groups in total. The third-order valence-corrected chi connectivity index (χ3v) is 5.61. The van der Waals surface area contributed by atoms with Crippen molar-refractivity contribution < 1.29 is 23.8 Å². The molecule has 2 amide bonds. The van der Waals surface area contributed by atoms with E-state index >= 15 is 0 Å². The molecule has 8 heteroatoms. The first kappa shape index (κ1) is 23.4. The molecule has 3 aromatic carbocycles. The van der Waals surface area contributed by atoms with Crippen LogP contribution in [0, 0.1) is 0 Å². The van der Waals surface area contributed by atoms with Gasteiger partial charge in [0, 0.05) is 10.7 Å². The van der Waals surface area contributed by atoms with Gasteiger partial charge in [0.15, 0.2) is 12.7 Å². The van der Waals surface area contributed by atoms with Crippen molar-refractivity contribution in [2.24, 2.45) is 0 Å². The minimum atomic E-state index is -0.627. The summed E-state index contributed by atoms with van der Waals surface area (Å²) in [6.07, 6.45) is -0.627. The minimum Gasteiger partial charge on any atom is -0.494 e. The highest BCUT2D eigenvalue weighted by molar-refractivity contribution is 6.31. The van der Waals surface area contributed by atoms with E-state index in [0.717, 1.165) is 11.3 Å². The zero-order valence-electron chi connectivity index (χ0n) is 18.9. The van der Waals surface area contributed by atoms with Gasteiger partial charge >= 0.3 is 0 Å². The molecule has 3 aromatic rings. The highest BCUT2D eigenvalue weighted by atomic mass is 35.5. The maximum atomic E-state index is 12.9. The lowest BCUT2D eigenvalue weighted by atomic mass is 10.1. The first-order chi connectivity index (χ1) is 16.4. The van der Waals surface area contributed by atoms with Crippen molar-refractivity contribution in [1.29, 1.82) is 0 Å². The average molecular weight is 481 g/mol. The van der Waals surface area contributed by atoms with E-state index in [0.29, 0.717) is 34.5 Å². The van der Waals surface area contributed by atoms with Gasteiger partial charge in [0.25, 0.3) is 11.8 Å². The molecule has 34 heavy (non-hydrogen) atoms. The van der Waals surface area contributed by atoms with E-state index in [1.807, 2.05) is 25.1 Å². The topological polar surface area (TPSA) is 77.1 Å². The largest absolute Gasteiger partial charge is 0.494 e. The maximum absolute atomic E-state index is 12.9. The van der Waals surface area contributed by atoms with Crippen LogP contribution in [0.4, 0.5) is 11.4 Å². The first-order valence-electron chi connectivity index (χ1n) is 11.0. The van der Waals surface area contributed by atoms with E-state index in [4.69, 9.17) is 25.8 Å². The molecule has 1 aliphatic rings. The molecule has 0 bridgehead atoms. The van der Waals surface area contributed by atoms with Crippen molar-refractivity contribution in [1.82, 2.24) is 0 Å². The second kappa shape index (κ2) is 10.5.